The van der Waals surface area contributed by atoms with Gasteiger partial charge in [0.15, 0.2) is 0 Å². The number of nitrogens with zero attached hydrogens (tertiary/aromatic N) is 1. The van der Waals surface area contributed by atoms with Crippen LogP contribution < -0.4 is 16.6 Å². The van der Waals surface area contributed by atoms with Gasteiger partial charge in [-0.1, -0.05) is 18.5 Å². The number of thioether (sulfide) groups is 1. The van der Waals surface area contributed by atoms with Gasteiger partial charge in [-0.25, -0.2) is 0 Å². The fourth-order valence-electron chi connectivity index (χ4n) is 1.62. The Balaban J connectivity index is 2.88. The summed E-state index contributed by atoms with van der Waals surface area (Å²) < 4.78 is 0. The van der Waals surface area contributed by atoms with Gasteiger partial charge < -0.3 is 10.7 Å². The third kappa shape index (κ3) is 4.76. The summed E-state index contributed by atoms with van der Waals surface area (Å²) in [6.07, 6.45) is 2.80. The molecule has 0 aliphatic heterocycles. The zero-order valence-corrected chi connectivity index (χ0v) is 13.3. The Bertz CT molecular complexity index is 541. The van der Waals surface area contributed by atoms with Gasteiger partial charge in [0.1, 0.15) is 5.69 Å². The summed E-state index contributed by atoms with van der Waals surface area (Å²) in [4.78, 5) is 22.3. The van der Waals surface area contributed by atoms with Crippen LogP contribution in [0.5, 0.6) is 0 Å². The van der Waals surface area contributed by atoms with Gasteiger partial charge in [0.2, 0.25) is 0 Å². The zero-order valence-electron chi connectivity index (χ0n) is 11.7. The largest absolute Gasteiger partial charge is 0.352 e. The Hall–Kier alpha value is -1.51. The van der Waals surface area contributed by atoms with E-state index in [1.165, 1.54) is 6.07 Å². The lowest BCUT2D eigenvalue weighted by molar-refractivity contribution is -0.384. The molecule has 21 heavy (non-hydrogen) atoms. The summed E-state index contributed by atoms with van der Waals surface area (Å²) >= 11 is 7.60. The first-order valence-electron chi connectivity index (χ1n) is 6.16. The number of nitro benzene ring substituents is 1. The summed E-state index contributed by atoms with van der Waals surface area (Å²) in [7, 11) is 0. The molecular formula is C12H17ClN4O3S. The van der Waals surface area contributed by atoms with Gasteiger partial charge in [0.05, 0.1) is 9.95 Å². The molecule has 0 fully saturated rings. The maximum absolute atomic E-state index is 12.0. The monoisotopic (exact) mass is 332 g/mol. The molecule has 0 radical (unpaired) electrons. The average molecular weight is 333 g/mol. The molecule has 7 nitrogen and oxygen atoms in total. The minimum atomic E-state index is -0.645. The van der Waals surface area contributed by atoms with Crippen molar-refractivity contribution in [1.29, 1.82) is 0 Å². The van der Waals surface area contributed by atoms with Crippen LogP contribution >= 0.6 is 23.4 Å². The second-order valence-corrected chi connectivity index (χ2v) is 6.03. The third-order valence-electron chi connectivity index (χ3n) is 2.91. The van der Waals surface area contributed by atoms with E-state index in [9.17, 15) is 14.9 Å². The molecule has 4 N–H and O–H groups in total. The number of hydrazine groups is 1. The van der Waals surface area contributed by atoms with Gasteiger partial charge in [-0.05, 0) is 18.7 Å². The number of amides is 1. The van der Waals surface area contributed by atoms with Crippen molar-refractivity contribution in [1.82, 2.24) is 5.32 Å². The first-order valence-corrected chi connectivity index (χ1v) is 7.82. The number of hydrogen-bond donors (Lipinski definition) is 3. The van der Waals surface area contributed by atoms with Crippen LogP contribution in [0.25, 0.3) is 0 Å². The van der Waals surface area contributed by atoms with Crippen LogP contribution in [0.4, 0.5) is 11.4 Å². The number of hydrogen-bond acceptors (Lipinski definition) is 6. The molecule has 1 aromatic carbocycles. The van der Waals surface area contributed by atoms with E-state index in [0.717, 1.165) is 12.5 Å². The molecule has 0 bridgehead atoms. The quantitative estimate of drug-likeness (QED) is 0.402. The number of carbonyl (C=O) groups excluding carboxylic acids is 1. The second kappa shape index (κ2) is 8.06. The smallest absolute Gasteiger partial charge is 0.295 e. The molecule has 1 rings (SSSR count). The fourth-order valence-corrected chi connectivity index (χ4v) is 2.24. The van der Waals surface area contributed by atoms with E-state index in [1.54, 1.807) is 11.8 Å². The highest BCUT2D eigenvalue weighted by Crippen LogP contribution is 2.32. The van der Waals surface area contributed by atoms with E-state index in [0.29, 0.717) is 11.8 Å². The van der Waals surface area contributed by atoms with Crippen molar-refractivity contribution >= 4 is 40.6 Å². The molecule has 0 saturated carbocycles. The second-order valence-electron chi connectivity index (χ2n) is 4.34. The lowest BCUT2D eigenvalue weighted by Gasteiger charge is -2.10. The molecule has 116 valence electrons. The highest BCUT2D eigenvalue weighted by atomic mass is 35.5. The standard InChI is InChI=1S/C12H17ClN4O3S/c1-7(21-2)3-4-15-12(18)8-5-9(13)11(16-14)10(6-8)17(19)20/h5-7,16H,3-4,14H2,1-2H3,(H,15,18). The van der Waals surface area contributed by atoms with Crippen molar-refractivity contribution in [3.05, 3.63) is 32.8 Å². The first kappa shape index (κ1) is 17.5. The summed E-state index contributed by atoms with van der Waals surface area (Å²) in [6, 6.07) is 2.49. The predicted octanol–water partition coefficient (Wildman–Crippen LogP) is 2.41. The number of carbonyl (C=O) groups is 1. The number of rotatable bonds is 7. The average Bonchev–Trinajstić information content (AvgIpc) is 2.45. The van der Waals surface area contributed by atoms with Gasteiger partial charge in [0.25, 0.3) is 11.6 Å². The Morgan fingerprint density at radius 3 is 2.76 bits per heavy atom. The van der Waals surface area contributed by atoms with Crippen LogP contribution in [0.3, 0.4) is 0 Å². The van der Waals surface area contributed by atoms with Crippen molar-refractivity contribution in [3.8, 4) is 0 Å². The number of nitrogens with one attached hydrogen (secondary N) is 2. The van der Waals surface area contributed by atoms with Crippen molar-refractivity contribution in [2.24, 2.45) is 5.84 Å². The SMILES string of the molecule is CSC(C)CCNC(=O)c1cc(Cl)c(NN)c([N+](=O)[O-])c1. The summed E-state index contributed by atoms with van der Waals surface area (Å²) in [6.45, 7) is 2.55. The van der Waals surface area contributed by atoms with Crippen LogP contribution in [0.15, 0.2) is 12.1 Å². The van der Waals surface area contributed by atoms with Crippen LogP contribution in [0, 0.1) is 10.1 Å². The molecule has 1 unspecified atom stereocenters. The normalized spacial score (nSPS) is 11.8. The van der Waals surface area contributed by atoms with E-state index in [4.69, 9.17) is 17.4 Å². The van der Waals surface area contributed by atoms with Crippen molar-refractivity contribution in [2.75, 3.05) is 18.2 Å². The Labute approximate surface area is 131 Å². The van der Waals surface area contributed by atoms with Crippen LogP contribution in [-0.2, 0) is 0 Å². The first-order chi connectivity index (χ1) is 9.90. The molecule has 9 heteroatoms. The number of halogens is 1. The van der Waals surface area contributed by atoms with E-state index >= 15 is 0 Å². The highest BCUT2D eigenvalue weighted by Gasteiger charge is 2.20. The predicted molar refractivity (Wildman–Crippen MR) is 85.8 cm³/mol. The topological polar surface area (TPSA) is 110 Å². The molecule has 0 aliphatic carbocycles. The summed E-state index contributed by atoms with van der Waals surface area (Å²) in [5.41, 5.74) is 1.94. The zero-order chi connectivity index (χ0) is 16.0. The lowest BCUT2D eigenvalue weighted by atomic mass is 10.1. The Kier molecular flexibility index (Phi) is 6.73. The number of nitrogen functional groups attached to an aromatic ring is 1. The summed E-state index contributed by atoms with van der Waals surface area (Å²) in [5.74, 6) is 4.80. The summed E-state index contributed by atoms with van der Waals surface area (Å²) in [5, 5.41) is 14.1. The van der Waals surface area contributed by atoms with E-state index in [2.05, 4.69) is 17.7 Å². The molecule has 0 aromatic heterocycles. The van der Waals surface area contributed by atoms with Crippen LogP contribution in [0.2, 0.25) is 5.02 Å². The molecule has 1 amide bonds. The van der Waals surface area contributed by atoms with Gasteiger partial charge in [0, 0.05) is 23.4 Å². The molecule has 1 aromatic rings. The minimum absolute atomic E-state index is 0.0192. The molecule has 0 spiro atoms. The number of nitro groups is 1. The van der Waals surface area contributed by atoms with E-state index in [1.807, 2.05) is 6.26 Å². The Morgan fingerprint density at radius 2 is 2.24 bits per heavy atom. The number of benzene rings is 1. The maximum Gasteiger partial charge on any atom is 0.295 e. The molecule has 0 heterocycles. The Morgan fingerprint density at radius 1 is 1.57 bits per heavy atom. The number of anilines is 1. The third-order valence-corrected chi connectivity index (χ3v) is 4.25. The molecule has 0 saturated heterocycles. The van der Waals surface area contributed by atoms with Crippen LogP contribution in [0.1, 0.15) is 23.7 Å². The molecular weight excluding hydrogens is 316 g/mol. The lowest BCUT2D eigenvalue weighted by Crippen LogP contribution is -2.26. The van der Waals surface area contributed by atoms with Gasteiger partial charge in [-0.3, -0.25) is 20.8 Å². The van der Waals surface area contributed by atoms with Gasteiger partial charge >= 0.3 is 0 Å². The maximum atomic E-state index is 12.0. The van der Waals surface area contributed by atoms with Crippen LogP contribution in [-0.4, -0.2) is 28.9 Å². The van der Waals surface area contributed by atoms with Crippen molar-refractivity contribution in [3.63, 3.8) is 0 Å². The van der Waals surface area contributed by atoms with Crippen molar-refractivity contribution in [2.45, 2.75) is 18.6 Å². The van der Waals surface area contributed by atoms with E-state index in [-0.39, 0.29) is 22.0 Å². The molecule has 1 atom stereocenters. The number of nitrogens with two attached hydrogens (primary N) is 1. The van der Waals surface area contributed by atoms with Gasteiger partial charge in [-0.2, -0.15) is 11.8 Å². The van der Waals surface area contributed by atoms with Gasteiger partial charge in [-0.15, -0.1) is 0 Å². The fraction of sp³-hybridized carbons (Fsp3) is 0.417. The highest BCUT2D eigenvalue weighted by molar-refractivity contribution is 7.99. The molecule has 0 aliphatic rings. The minimum Gasteiger partial charge on any atom is -0.352 e. The van der Waals surface area contributed by atoms with Crippen molar-refractivity contribution < 1.29 is 9.72 Å². The van der Waals surface area contributed by atoms with E-state index < -0.39 is 10.8 Å².